The molecule has 1 aromatic carbocycles. The van der Waals surface area contributed by atoms with Gasteiger partial charge in [0.1, 0.15) is 23.4 Å². The number of nitrogens with two attached hydrogens (primary N) is 1. The number of aromatic nitrogens is 1. The molecule has 0 unspecified atom stereocenters. The number of nitrogens with zero attached hydrogens (tertiary/aromatic N) is 3. The second kappa shape index (κ2) is 7.15. The molecule has 0 aliphatic heterocycles. The average Bonchev–Trinajstić information content (AvgIpc) is 3.44. The fraction of sp³-hybridized carbons (Fsp3) is 0.158. The smallest absolute Gasteiger partial charge is 0.258 e. The monoisotopic (exact) mass is 349 g/mol. The van der Waals surface area contributed by atoms with Crippen LogP contribution in [0.5, 0.6) is 0 Å². The molecule has 1 amide bonds. The Bertz CT molecular complexity index is 924. The number of halogens is 1. The third-order valence-electron chi connectivity index (χ3n) is 4.16. The predicted molar refractivity (Wildman–Crippen MR) is 95.7 cm³/mol. The van der Waals surface area contributed by atoms with Crippen LogP contribution in [0, 0.1) is 17.1 Å². The molecule has 0 saturated heterocycles. The van der Waals surface area contributed by atoms with Crippen molar-refractivity contribution < 1.29 is 9.18 Å². The molecule has 1 fully saturated rings. The van der Waals surface area contributed by atoms with Crippen molar-refractivity contribution in [2.45, 2.75) is 18.3 Å². The van der Waals surface area contributed by atoms with Crippen LogP contribution >= 0.6 is 0 Å². The molecule has 7 heteroatoms. The van der Waals surface area contributed by atoms with E-state index in [9.17, 15) is 9.18 Å². The Balaban J connectivity index is 1.66. The van der Waals surface area contributed by atoms with E-state index in [1.807, 2.05) is 6.07 Å². The van der Waals surface area contributed by atoms with Crippen LogP contribution in [-0.4, -0.2) is 16.7 Å². The molecule has 0 spiro atoms. The fourth-order valence-electron chi connectivity index (χ4n) is 2.60. The first kappa shape index (κ1) is 17.3. The van der Waals surface area contributed by atoms with Gasteiger partial charge in [0, 0.05) is 11.8 Å². The van der Waals surface area contributed by atoms with Crippen molar-refractivity contribution in [2.24, 2.45) is 10.7 Å². The fourth-order valence-corrected chi connectivity index (χ4v) is 2.60. The van der Waals surface area contributed by atoms with Gasteiger partial charge in [0.25, 0.3) is 5.91 Å². The topological polar surface area (TPSA) is 104 Å². The van der Waals surface area contributed by atoms with Gasteiger partial charge in [-0.25, -0.2) is 9.37 Å². The summed E-state index contributed by atoms with van der Waals surface area (Å²) in [5.74, 6) is -0.825. The van der Waals surface area contributed by atoms with Crippen molar-refractivity contribution >= 4 is 17.4 Å². The minimum Gasteiger partial charge on any atom is -0.384 e. The number of hydrogen-bond acceptors (Lipinski definition) is 4. The molecule has 1 aliphatic carbocycles. The number of benzene rings is 1. The molecule has 1 saturated carbocycles. The van der Waals surface area contributed by atoms with Gasteiger partial charge in [-0.3, -0.25) is 4.79 Å². The molecular weight excluding hydrogens is 333 g/mol. The highest BCUT2D eigenvalue weighted by Crippen LogP contribution is 2.50. The van der Waals surface area contributed by atoms with Crippen molar-refractivity contribution in [3.05, 3.63) is 71.9 Å². The van der Waals surface area contributed by atoms with Crippen LogP contribution in [-0.2, 0) is 10.2 Å². The molecule has 3 rings (SSSR count). The largest absolute Gasteiger partial charge is 0.384 e. The van der Waals surface area contributed by atoms with E-state index >= 15 is 0 Å². The maximum absolute atomic E-state index is 14.0. The summed E-state index contributed by atoms with van der Waals surface area (Å²) in [5.41, 5.74) is 6.22. The molecule has 1 aromatic heterocycles. The van der Waals surface area contributed by atoms with E-state index in [-0.39, 0.29) is 5.84 Å². The van der Waals surface area contributed by atoms with E-state index in [4.69, 9.17) is 11.0 Å². The van der Waals surface area contributed by atoms with Crippen molar-refractivity contribution in [2.75, 3.05) is 5.32 Å². The van der Waals surface area contributed by atoms with Crippen LogP contribution < -0.4 is 11.1 Å². The van der Waals surface area contributed by atoms with Crippen LogP contribution in [0.25, 0.3) is 0 Å². The summed E-state index contributed by atoms with van der Waals surface area (Å²) in [6, 6.07) is 11.4. The van der Waals surface area contributed by atoms with E-state index in [2.05, 4.69) is 15.3 Å². The first-order valence-corrected chi connectivity index (χ1v) is 7.98. The van der Waals surface area contributed by atoms with E-state index in [1.165, 1.54) is 24.5 Å². The zero-order valence-electron chi connectivity index (χ0n) is 13.8. The number of carbonyl (C=O) groups excluding carboxylic acids is 1. The highest BCUT2D eigenvalue weighted by Gasteiger charge is 2.52. The SMILES string of the molecule is N#Cc1ccc(N/C=C\C(N)=NC(=O)C2(c3ccccc3F)CC2)cn1. The minimum absolute atomic E-state index is 0.0201. The number of nitriles is 1. The summed E-state index contributed by atoms with van der Waals surface area (Å²) in [7, 11) is 0. The number of rotatable bonds is 5. The number of anilines is 1. The van der Waals surface area contributed by atoms with Crippen molar-refractivity contribution in [3.63, 3.8) is 0 Å². The lowest BCUT2D eigenvalue weighted by atomic mass is 9.94. The zero-order valence-corrected chi connectivity index (χ0v) is 13.8. The van der Waals surface area contributed by atoms with E-state index in [0.29, 0.717) is 29.8 Å². The Morgan fingerprint density at radius 2 is 2.12 bits per heavy atom. The number of amides is 1. The standard InChI is InChI=1S/C19H16FN5O/c20-16-4-2-1-3-15(16)19(8-9-19)18(26)25-17(22)7-10-23-14-6-5-13(11-21)24-12-14/h1-7,10,12,23H,8-9H2,(H2,22,25,26)/b10-7-. The molecule has 2 aromatic rings. The molecule has 26 heavy (non-hydrogen) atoms. The van der Waals surface area contributed by atoms with Crippen molar-refractivity contribution in [1.82, 2.24) is 4.98 Å². The van der Waals surface area contributed by atoms with Gasteiger partial charge in [0.2, 0.25) is 0 Å². The normalized spacial score (nSPS) is 15.5. The number of nitrogens with one attached hydrogen (secondary N) is 1. The van der Waals surface area contributed by atoms with Crippen molar-refractivity contribution in [3.8, 4) is 6.07 Å². The highest BCUT2D eigenvalue weighted by molar-refractivity contribution is 6.04. The molecule has 0 atom stereocenters. The number of aliphatic imine (C=N–C) groups is 1. The maximum Gasteiger partial charge on any atom is 0.258 e. The van der Waals surface area contributed by atoms with Crippen LogP contribution in [0.2, 0.25) is 0 Å². The third-order valence-corrected chi connectivity index (χ3v) is 4.16. The summed E-state index contributed by atoms with van der Waals surface area (Å²) in [6.07, 6.45) is 5.56. The van der Waals surface area contributed by atoms with Gasteiger partial charge < -0.3 is 11.1 Å². The molecule has 130 valence electrons. The first-order valence-electron chi connectivity index (χ1n) is 7.98. The average molecular weight is 349 g/mol. The molecule has 3 N–H and O–H groups in total. The van der Waals surface area contributed by atoms with Gasteiger partial charge >= 0.3 is 0 Å². The van der Waals surface area contributed by atoms with Gasteiger partial charge in [-0.1, -0.05) is 18.2 Å². The summed E-state index contributed by atoms with van der Waals surface area (Å²) in [4.78, 5) is 20.3. The predicted octanol–water partition coefficient (Wildman–Crippen LogP) is 2.63. The van der Waals surface area contributed by atoms with Gasteiger partial charge in [0.15, 0.2) is 0 Å². The second-order valence-electron chi connectivity index (χ2n) is 5.93. The summed E-state index contributed by atoms with van der Waals surface area (Å²) < 4.78 is 14.0. The van der Waals surface area contributed by atoms with Crippen LogP contribution in [0.1, 0.15) is 24.1 Å². The number of amidine groups is 1. The quantitative estimate of drug-likeness (QED) is 0.638. The molecule has 1 aliphatic rings. The Labute approximate surface area is 149 Å². The molecule has 1 heterocycles. The molecule has 6 nitrogen and oxygen atoms in total. The zero-order chi connectivity index (χ0) is 18.6. The van der Waals surface area contributed by atoms with Gasteiger partial charge in [-0.15, -0.1) is 0 Å². The second-order valence-corrected chi connectivity index (χ2v) is 5.93. The van der Waals surface area contributed by atoms with Gasteiger partial charge in [-0.2, -0.15) is 10.3 Å². The van der Waals surface area contributed by atoms with Crippen molar-refractivity contribution in [1.29, 1.82) is 5.26 Å². The van der Waals surface area contributed by atoms with Crippen LogP contribution in [0.4, 0.5) is 10.1 Å². The lowest BCUT2D eigenvalue weighted by Crippen LogP contribution is -2.23. The number of carbonyl (C=O) groups is 1. The lowest BCUT2D eigenvalue weighted by molar-refractivity contribution is -0.120. The maximum atomic E-state index is 14.0. The molecule has 0 radical (unpaired) electrons. The molecule has 0 bridgehead atoms. The molecular formula is C19H16FN5O. The summed E-state index contributed by atoms with van der Waals surface area (Å²) in [5, 5.41) is 11.6. The summed E-state index contributed by atoms with van der Waals surface area (Å²) >= 11 is 0. The van der Waals surface area contributed by atoms with Gasteiger partial charge in [-0.05, 0) is 37.1 Å². The minimum atomic E-state index is -0.895. The number of pyridine rings is 1. The number of hydrogen-bond donors (Lipinski definition) is 2. The Kier molecular flexibility index (Phi) is 4.76. The van der Waals surface area contributed by atoms with E-state index < -0.39 is 17.1 Å². The van der Waals surface area contributed by atoms with E-state index in [1.54, 1.807) is 30.3 Å². The van der Waals surface area contributed by atoms with E-state index in [0.717, 1.165) is 0 Å². The Morgan fingerprint density at radius 1 is 1.35 bits per heavy atom. The van der Waals surface area contributed by atoms with Crippen LogP contribution in [0.3, 0.4) is 0 Å². The first-order chi connectivity index (χ1) is 12.5. The Hall–Kier alpha value is -3.53. The Morgan fingerprint density at radius 3 is 2.73 bits per heavy atom. The van der Waals surface area contributed by atoms with Crippen LogP contribution in [0.15, 0.2) is 59.9 Å². The highest BCUT2D eigenvalue weighted by atomic mass is 19.1. The van der Waals surface area contributed by atoms with Gasteiger partial charge in [0.05, 0.1) is 17.3 Å². The third kappa shape index (κ3) is 3.59. The summed E-state index contributed by atoms with van der Waals surface area (Å²) in [6.45, 7) is 0. The lowest BCUT2D eigenvalue weighted by Gasteiger charge is -2.12.